The number of benzene rings is 2. The lowest BCUT2D eigenvalue weighted by atomic mass is 10.0. The van der Waals surface area contributed by atoms with Crippen LogP contribution in [0, 0.1) is 5.82 Å². The number of aromatic carboxylic acids is 1. The third-order valence-corrected chi connectivity index (χ3v) is 3.69. The van der Waals surface area contributed by atoms with Gasteiger partial charge < -0.3 is 10.4 Å². The van der Waals surface area contributed by atoms with Gasteiger partial charge in [0.25, 0.3) is 5.91 Å². The molecule has 1 saturated carbocycles. The number of carbonyl (C=O) groups is 2. The number of carbonyl (C=O) groups excluding carboxylic acids is 1. The first-order valence-electron chi connectivity index (χ1n) is 6.99. The van der Waals surface area contributed by atoms with Gasteiger partial charge in [-0.2, -0.15) is 0 Å². The molecule has 0 heterocycles. The molecular formula is C17H14FNO3. The van der Waals surface area contributed by atoms with Gasteiger partial charge in [-0.25, -0.2) is 9.18 Å². The lowest BCUT2D eigenvalue weighted by Gasteiger charge is -2.10. The van der Waals surface area contributed by atoms with Crippen molar-refractivity contribution in [2.75, 3.05) is 5.32 Å². The summed E-state index contributed by atoms with van der Waals surface area (Å²) in [6.07, 6.45) is 2.12. The molecule has 1 aliphatic rings. The molecule has 0 saturated heterocycles. The zero-order valence-corrected chi connectivity index (χ0v) is 11.7. The monoisotopic (exact) mass is 299 g/mol. The Morgan fingerprint density at radius 2 is 1.86 bits per heavy atom. The van der Waals surface area contributed by atoms with Crippen LogP contribution < -0.4 is 5.32 Å². The quantitative estimate of drug-likeness (QED) is 0.905. The minimum Gasteiger partial charge on any atom is -0.478 e. The predicted octanol–water partition coefficient (Wildman–Crippen LogP) is 3.65. The topological polar surface area (TPSA) is 66.4 Å². The number of hydrogen-bond acceptors (Lipinski definition) is 2. The Morgan fingerprint density at radius 3 is 2.50 bits per heavy atom. The van der Waals surface area contributed by atoms with E-state index < -0.39 is 11.8 Å². The molecule has 3 rings (SSSR count). The normalized spacial score (nSPS) is 13.7. The van der Waals surface area contributed by atoms with Gasteiger partial charge in [0, 0.05) is 5.56 Å². The smallest absolute Gasteiger partial charge is 0.335 e. The lowest BCUT2D eigenvalue weighted by molar-refractivity contribution is 0.0696. The van der Waals surface area contributed by atoms with Crippen LogP contribution in [0.4, 0.5) is 10.1 Å². The summed E-state index contributed by atoms with van der Waals surface area (Å²) in [6, 6.07) is 10.7. The van der Waals surface area contributed by atoms with E-state index in [1.165, 1.54) is 12.1 Å². The fourth-order valence-corrected chi connectivity index (χ4v) is 2.39. The second-order valence-corrected chi connectivity index (χ2v) is 5.32. The van der Waals surface area contributed by atoms with Crippen LogP contribution in [-0.2, 0) is 0 Å². The van der Waals surface area contributed by atoms with E-state index in [-0.39, 0.29) is 17.2 Å². The summed E-state index contributed by atoms with van der Waals surface area (Å²) in [6.45, 7) is 0. The number of carboxylic acid groups (broad SMARTS) is 1. The van der Waals surface area contributed by atoms with Gasteiger partial charge in [0.2, 0.25) is 0 Å². The Bertz CT molecular complexity index is 753. The molecule has 22 heavy (non-hydrogen) atoms. The number of amides is 1. The van der Waals surface area contributed by atoms with E-state index in [9.17, 15) is 14.0 Å². The molecule has 0 bridgehead atoms. The zero-order valence-electron chi connectivity index (χ0n) is 11.7. The molecule has 4 nitrogen and oxygen atoms in total. The number of anilines is 1. The van der Waals surface area contributed by atoms with Crippen LogP contribution in [0.5, 0.6) is 0 Å². The fraction of sp³-hybridized carbons (Fsp3) is 0.176. The lowest BCUT2D eigenvalue weighted by Crippen LogP contribution is -2.15. The maximum Gasteiger partial charge on any atom is 0.335 e. The van der Waals surface area contributed by atoms with Gasteiger partial charge in [0.1, 0.15) is 5.82 Å². The van der Waals surface area contributed by atoms with Crippen LogP contribution in [0.15, 0.2) is 42.5 Å². The van der Waals surface area contributed by atoms with Crippen molar-refractivity contribution in [2.24, 2.45) is 0 Å². The molecule has 0 atom stereocenters. The van der Waals surface area contributed by atoms with Crippen molar-refractivity contribution in [3.63, 3.8) is 0 Å². The molecule has 0 spiro atoms. The van der Waals surface area contributed by atoms with E-state index in [2.05, 4.69) is 5.32 Å². The Kier molecular flexibility index (Phi) is 3.63. The number of nitrogens with one attached hydrogen (secondary N) is 1. The second kappa shape index (κ2) is 5.60. The van der Waals surface area contributed by atoms with Gasteiger partial charge >= 0.3 is 5.97 Å². The summed E-state index contributed by atoms with van der Waals surface area (Å²) in [5.41, 5.74) is 1.32. The van der Waals surface area contributed by atoms with Gasteiger partial charge in [0.15, 0.2) is 0 Å². The molecular weight excluding hydrogens is 285 g/mol. The third kappa shape index (κ3) is 2.83. The van der Waals surface area contributed by atoms with E-state index in [4.69, 9.17) is 5.11 Å². The molecule has 1 fully saturated rings. The highest BCUT2D eigenvalue weighted by Gasteiger charge is 2.27. The van der Waals surface area contributed by atoms with E-state index in [0.717, 1.165) is 24.5 Å². The van der Waals surface area contributed by atoms with Crippen molar-refractivity contribution in [1.29, 1.82) is 0 Å². The summed E-state index contributed by atoms with van der Waals surface area (Å²) in [7, 11) is 0. The molecule has 0 radical (unpaired) electrons. The van der Waals surface area contributed by atoms with Crippen molar-refractivity contribution in [3.8, 4) is 0 Å². The van der Waals surface area contributed by atoms with E-state index in [1.54, 1.807) is 12.1 Å². The van der Waals surface area contributed by atoms with Gasteiger partial charge in [-0.05, 0) is 48.6 Å². The first kappa shape index (κ1) is 14.3. The summed E-state index contributed by atoms with van der Waals surface area (Å²) >= 11 is 0. The molecule has 5 heteroatoms. The number of carboxylic acids is 1. The number of halogens is 1. The highest BCUT2D eigenvalue weighted by atomic mass is 19.1. The Balaban J connectivity index is 1.84. The van der Waals surface area contributed by atoms with Gasteiger partial charge in [0.05, 0.1) is 11.3 Å². The summed E-state index contributed by atoms with van der Waals surface area (Å²) in [5, 5.41) is 11.3. The maximum absolute atomic E-state index is 13.9. The molecule has 2 aromatic carbocycles. The highest BCUT2D eigenvalue weighted by Crippen LogP contribution is 2.41. The van der Waals surface area contributed by atoms with Crippen LogP contribution in [0.3, 0.4) is 0 Å². The first-order chi connectivity index (χ1) is 10.6. The van der Waals surface area contributed by atoms with Crippen LogP contribution in [-0.4, -0.2) is 17.0 Å². The average molecular weight is 299 g/mol. The van der Waals surface area contributed by atoms with Gasteiger partial charge in [-0.1, -0.05) is 18.2 Å². The minimum absolute atomic E-state index is 0.0272. The fourth-order valence-electron chi connectivity index (χ4n) is 2.39. The van der Waals surface area contributed by atoms with Gasteiger partial charge in [-0.15, -0.1) is 0 Å². The zero-order chi connectivity index (χ0) is 15.7. The van der Waals surface area contributed by atoms with E-state index in [1.807, 2.05) is 12.1 Å². The average Bonchev–Trinajstić information content (AvgIpc) is 3.33. The molecule has 0 aromatic heterocycles. The summed E-state index contributed by atoms with van der Waals surface area (Å²) in [5.74, 6) is -1.96. The molecule has 1 aliphatic carbocycles. The molecule has 2 N–H and O–H groups in total. The second-order valence-electron chi connectivity index (χ2n) is 5.32. The summed E-state index contributed by atoms with van der Waals surface area (Å²) < 4.78 is 13.9. The van der Waals surface area contributed by atoms with Crippen LogP contribution in [0.25, 0.3) is 0 Å². The Morgan fingerprint density at radius 1 is 1.14 bits per heavy atom. The molecule has 1 amide bonds. The van der Waals surface area contributed by atoms with E-state index in [0.29, 0.717) is 11.5 Å². The number of rotatable bonds is 4. The Hall–Kier alpha value is -2.69. The van der Waals surface area contributed by atoms with Crippen molar-refractivity contribution >= 4 is 17.6 Å². The van der Waals surface area contributed by atoms with Crippen molar-refractivity contribution in [1.82, 2.24) is 0 Å². The Labute approximate surface area is 126 Å². The van der Waals surface area contributed by atoms with Crippen molar-refractivity contribution < 1.29 is 19.1 Å². The highest BCUT2D eigenvalue weighted by molar-refractivity contribution is 6.05. The van der Waals surface area contributed by atoms with Crippen LogP contribution >= 0.6 is 0 Å². The standard InChI is InChI=1S/C17H14FNO3/c18-14-9-11(17(21)22)7-8-15(14)19-16(20)13-4-2-1-3-12(13)10-5-6-10/h1-4,7-10H,5-6H2,(H,19,20)(H,21,22). The first-order valence-corrected chi connectivity index (χ1v) is 6.99. The largest absolute Gasteiger partial charge is 0.478 e. The predicted molar refractivity (Wildman–Crippen MR) is 79.7 cm³/mol. The maximum atomic E-state index is 13.9. The SMILES string of the molecule is O=C(O)c1ccc(NC(=O)c2ccccc2C2CC2)c(F)c1. The molecule has 112 valence electrons. The van der Waals surface area contributed by atoms with Crippen LogP contribution in [0.2, 0.25) is 0 Å². The van der Waals surface area contributed by atoms with Crippen molar-refractivity contribution in [2.45, 2.75) is 18.8 Å². The number of hydrogen-bond donors (Lipinski definition) is 2. The molecule has 0 unspecified atom stereocenters. The molecule has 0 aliphatic heterocycles. The van der Waals surface area contributed by atoms with Crippen LogP contribution in [0.1, 0.15) is 45.0 Å². The summed E-state index contributed by atoms with van der Waals surface area (Å²) in [4.78, 5) is 23.1. The van der Waals surface area contributed by atoms with Gasteiger partial charge in [-0.3, -0.25) is 4.79 Å². The minimum atomic E-state index is -1.21. The molecule has 2 aromatic rings. The van der Waals surface area contributed by atoms with E-state index >= 15 is 0 Å². The van der Waals surface area contributed by atoms with Crippen molar-refractivity contribution in [3.05, 3.63) is 65.0 Å². The third-order valence-electron chi connectivity index (χ3n) is 3.69.